The summed E-state index contributed by atoms with van der Waals surface area (Å²) in [5.41, 5.74) is 5.49. The second-order valence-electron chi connectivity index (χ2n) is 5.47. The predicted molar refractivity (Wildman–Crippen MR) is 72.0 cm³/mol. The number of rotatable bonds is 4. The molecule has 2 atom stereocenters. The number of nitrogens with two attached hydrogens (primary N) is 1. The van der Waals surface area contributed by atoms with Crippen LogP contribution in [0.15, 0.2) is 24.3 Å². The van der Waals surface area contributed by atoms with Crippen LogP contribution in [-0.4, -0.2) is 27.8 Å². The average molecular weight is 281 g/mol. The van der Waals surface area contributed by atoms with E-state index in [0.717, 1.165) is 0 Å². The van der Waals surface area contributed by atoms with E-state index >= 15 is 0 Å². The molecule has 1 aromatic carbocycles. The Morgan fingerprint density at radius 2 is 1.70 bits per heavy atom. The summed E-state index contributed by atoms with van der Waals surface area (Å²) in [4.78, 5) is 23.2. The molecule has 0 aliphatic heterocycles. The number of ether oxygens (including phenoxy) is 1. The first-order chi connectivity index (χ1) is 9.11. The van der Waals surface area contributed by atoms with Gasteiger partial charge in [0.2, 0.25) is 0 Å². The van der Waals surface area contributed by atoms with Gasteiger partial charge in [0.05, 0.1) is 6.04 Å². The van der Waals surface area contributed by atoms with Crippen molar-refractivity contribution in [1.82, 2.24) is 0 Å². The molecule has 4 N–H and O–H groups in total. The van der Waals surface area contributed by atoms with Gasteiger partial charge in [0.25, 0.3) is 0 Å². The third-order valence-corrected chi connectivity index (χ3v) is 2.56. The molecule has 110 valence electrons. The van der Waals surface area contributed by atoms with E-state index in [-0.39, 0.29) is 5.75 Å². The average Bonchev–Trinajstić information content (AvgIpc) is 2.26. The first kappa shape index (κ1) is 16.0. The number of hydrogen-bond donors (Lipinski definition) is 3. The minimum absolute atomic E-state index is 0.0325. The topological polar surface area (TPSA) is 110 Å². The Labute approximate surface area is 117 Å². The summed E-state index contributed by atoms with van der Waals surface area (Å²) in [5, 5.41) is 18.4. The van der Waals surface area contributed by atoms with Gasteiger partial charge >= 0.3 is 11.9 Å². The number of carbonyl (C=O) groups excluding carboxylic acids is 1. The van der Waals surface area contributed by atoms with Crippen molar-refractivity contribution >= 4 is 11.9 Å². The Kier molecular flexibility index (Phi) is 4.73. The minimum Gasteiger partial charge on any atom is -0.508 e. The smallest absolute Gasteiger partial charge is 0.322 e. The second-order valence-corrected chi connectivity index (χ2v) is 5.47. The maximum atomic E-state index is 11.9. The van der Waals surface area contributed by atoms with Gasteiger partial charge in [0.1, 0.15) is 11.4 Å². The van der Waals surface area contributed by atoms with E-state index < -0.39 is 29.5 Å². The lowest BCUT2D eigenvalue weighted by Gasteiger charge is -2.25. The van der Waals surface area contributed by atoms with Gasteiger partial charge in [0.15, 0.2) is 5.92 Å². The molecule has 0 heterocycles. The number of aliphatic carboxylic acids is 1. The Hall–Kier alpha value is -2.08. The molecule has 0 saturated carbocycles. The number of phenols is 1. The standard InChI is InChI=1S/C14H19NO5/c1-14(2,3)20-13(19)10(12(17)18)11(15)8-4-6-9(16)7-5-8/h4-7,10-11,16H,15H2,1-3H3,(H,17,18). The molecule has 20 heavy (non-hydrogen) atoms. The van der Waals surface area contributed by atoms with Gasteiger partial charge in [-0.3, -0.25) is 9.59 Å². The van der Waals surface area contributed by atoms with E-state index in [0.29, 0.717) is 5.56 Å². The highest BCUT2D eigenvalue weighted by molar-refractivity contribution is 5.95. The van der Waals surface area contributed by atoms with Crippen LogP contribution >= 0.6 is 0 Å². The highest BCUT2D eigenvalue weighted by atomic mass is 16.6. The van der Waals surface area contributed by atoms with Crippen molar-refractivity contribution in [3.63, 3.8) is 0 Å². The quantitative estimate of drug-likeness (QED) is 0.569. The van der Waals surface area contributed by atoms with Gasteiger partial charge in [-0.15, -0.1) is 0 Å². The number of aromatic hydroxyl groups is 1. The van der Waals surface area contributed by atoms with Gasteiger partial charge in [-0.1, -0.05) is 12.1 Å². The SMILES string of the molecule is CC(C)(C)OC(=O)C(C(=O)O)C(N)c1ccc(O)cc1. The van der Waals surface area contributed by atoms with Crippen molar-refractivity contribution in [2.75, 3.05) is 0 Å². The van der Waals surface area contributed by atoms with E-state index in [9.17, 15) is 19.8 Å². The van der Waals surface area contributed by atoms with Crippen molar-refractivity contribution in [3.05, 3.63) is 29.8 Å². The highest BCUT2D eigenvalue weighted by Crippen LogP contribution is 2.24. The molecule has 1 rings (SSSR count). The lowest BCUT2D eigenvalue weighted by molar-refractivity contribution is -0.167. The third kappa shape index (κ3) is 4.24. The zero-order chi connectivity index (χ0) is 15.5. The van der Waals surface area contributed by atoms with E-state index in [2.05, 4.69) is 0 Å². The first-order valence-corrected chi connectivity index (χ1v) is 6.12. The van der Waals surface area contributed by atoms with Gasteiger partial charge in [-0.25, -0.2) is 0 Å². The van der Waals surface area contributed by atoms with Crippen LogP contribution in [0.1, 0.15) is 32.4 Å². The van der Waals surface area contributed by atoms with E-state index in [1.54, 1.807) is 20.8 Å². The summed E-state index contributed by atoms with van der Waals surface area (Å²) in [6.07, 6.45) is 0. The normalized spacial score (nSPS) is 14.4. The fraction of sp³-hybridized carbons (Fsp3) is 0.429. The summed E-state index contributed by atoms with van der Waals surface area (Å²) in [6, 6.07) is 4.65. The number of carboxylic acid groups (broad SMARTS) is 1. The predicted octanol–water partition coefficient (Wildman–Crippen LogP) is 1.43. The number of carbonyl (C=O) groups is 2. The lowest BCUT2D eigenvalue weighted by atomic mass is 9.93. The molecule has 0 fully saturated rings. The minimum atomic E-state index is -1.50. The second kappa shape index (κ2) is 5.92. The van der Waals surface area contributed by atoms with Crippen LogP contribution in [0.5, 0.6) is 5.75 Å². The van der Waals surface area contributed by atoms with Crippen LogP contribution in [0.25, 0.3) is 0 Å². The molecule has 0 spiro atoms. The van der Waals surface area contributed by atoms with Gasteiger partial charge < -0.3 is 20.7 Å². The van der Waals surface area contributed by atoms with Crippen LogP contribution in [0.2, 0.25) is 0 Å². The zero-order valence-electron chi connectivity index (χ0n) is 11.7. The Balaban J connectivity index is 2.99. The molecule has 1 aromatic rings. The monoisotopic (exact) mass is 281 g/mol. The van der Waals surface area contributed by atoms with Gasteiger partial charge in [0, 0.05) is 0 Å². The van der Waals surface area contributed by atoms with Crippen LogP contribution in [0, 0.1) is 5.92 Å². The van der Waals surface area contributed by atoms with Crippen LogP contribution in [0.3, 0.4) is 0 Å². The van der Waals surface area contributed by atoms with E-state index in [4.69, 9.17) is 10.5 Å². The van der Waals surface area contributed by atoms with Crippen LogP contribution in [0.4, 0.5) is 0 Å². The molecule has 0 aliphatic rings. The third-order valence-electron chi connectivity index (χ3n) is 2.56. The number of hydrogen-bond acceptors (Lipinski definition) is 5. The van der Waals surface area contributed by atoms with E-state index in [1.165, 1.54) is 24.3 Å². The van der Waals surface area contributed by atoms with Crippen molar-refractivity contribution in [1.29, 1.82) is 0 Å². The van der Waals surface area contributed by atoms with Crippen molar-refractivity contribution in [2.24, 2.45) is 11.7 Å². The molecule has 6 heteroatoms. The van der Waals surface area contributed by atoms with Gasteiger partial charge in [-0.2, -0.15) is 0 Å². The maximum Gasteiger partial charge on any atom is 0.322 e. The lowest BCUT2D eigenvalue weighted by Crippen LogP contribution is -2.39. The summed E-state index contributed by atoms with van der Waals surface area (Å²) >= 11 is 0. The molecular weight excluding hydrogens is 262 g/mol. The summed E-state index contributed by atoms with van der Waals surface area (Å²) in [7, 11) is 0. The molecule has 0 aliphatic carbocycles. The van der Waals surface area contributed by atoms with Crippen molar-refractivity contribution in [2.45, 2.75) is 32.4 Å². The fourth-order valence-electron chi connectivity index (χ4n) is 1.66. The van der Waals surface area contributed by atoms with E-state index in [1.807, 2.05) is 0 Å². The highest BCUT2D eigenvalue weighted by Gasteiger charge is 2.37. The molecule has 0 amide bonds. The van der Waals surface area contributed by atoms with Crippen molar-refractivity contribution in [3.8, 4) is 5.75 Å². The van der Waals surface area contributed by atoms with Crippen LogP contribution in [-0.2, 0) is 14.3 Å². The zero-order valence-corrected chi connectivity index (χ0v) is 11.7. The molecule has 0 aromatic heterocycles. The summed E-state index contributed by atoms with van der Waals surface area (Å²) in [5.74, 6) is -3.70. The molecule has 0 bridgehead atoms. The molecule has 6 nitrogen and oxygen atoms in total. The first-order valence-electron chi connectivity index (χ1n) is 6.12. The summed E-state index contributed by atoms with van der Waals surface area (Å²) < 4.78 is 5.08. The van der Waals surface area contributed by atoms with Gasteiger partial charge in [-0.05, 0) is 38.5 Å². The Morgan fingerprint density at radius 1 is 1.20 bits per heavy atom. The summed E-state index contributed by atoms with van der Waals surface area (Å²) in [6.45, 7) is 4.95. The van der Waals surface area contributed by atoms with Crippen LogP contribution < -0.4 is 5.73 Å². The number of benzene rings is 1. The number of phenolic OH excluding ortho intramolecular Hbond substituents is 1. The molecular formula is C14H19NO5. The number of esters is 1. The largest absolute Gasteiger partial charge is 0.508 e. The number of carboxylic acids is 1. The maximum absolute atomic E-state index is 11.9. The molecule has 0 saturated heterocycles. The Morgan fingerprint density at radius 3 is 2.10 bits per heavy atom. The van der Waals surface area contributed by atoms with Crippen molar-refractivity contribution < 1.29 is 24.5 Å². The molecule has 2 unspecified atom stereocenters. The Bertz CT molecular complexity index is 489. The fourth-order valence-corrected chi connectivity index (χ4v) is 1.66. The molecule has 0 radical (unpaired) electrons.